The molecule has 0 bridgehead atoms. The Morgan fingerprint density at radius 2 is 1.55 bits per heavy atom. The third-order valence-electron chi connectivity index (χ3n) is 7.26. The second-order valence-electron chi connectivity index (χ2n) is 10.5. The molecule has 4 heterocycles. The van der Waals surface area contributed by atoms with E-state index in [1.165, 1.54) is 11.8 Å². The van der Waals surface area contributed by atoms with Gasteiger partial charge in [0.15, 0.2) is 22.8 Å². The zero-order valence-electron chi connectivity index (χ0n) is 26.9. The number of para-hydroxylation sites is 2. The maximum atomic E-state index is 7.23. The van der Waals surface area contributed by atoms with Crippen LogP contribution in [0.1, 0.15) is 35.0 Å². The average Bonchev–Trinajstić information content (AvgIpc) is 3.47. The van der Waals surface area contributed by atoms with Crippen molar-refractivity contribution >= 4 is 21.9 Å². The van der Waals surface area contributed by atoms with Gasteiger partial charge in [-0.15, -0.1) is 54.1 Å². The molecule has 6 heteroatoms. The van der Waals surface area contributed by atoms with E-state index in [0.29, 0.717) is 34.5 Å². The van der Waals surface area contributed by atoms with E-state index in [2.05, 4.69) is 42.0 Å². The summed E-state index contributed by atoms with van der Waals surface area (Å²) in [5.41, 5.74) is 6.18. The van der Waals surface area contributed by atoms with E-state index in [1.807, 2.05) is 79.0 Å². The van der Waals surface area contributed by atoms with Gasteiger partial charge in [0, 0.05) is 42.0 Å². The summed E-state index contributed by atoms with van der Waals surface area (Å²) in [5, 5.41) is 1.97. The molecule has 0 unspecified atom stereocenters. The molecule has 0 saturated carbocycles. The molecule has 0 fully saturated rings. The quantitative estimate of drug-likeness (QED) is 0.168. The number of fused-ring (bicyclic) bond motifs is 6. The maximum Gasteiger partial charge on any atom is 0.212 e. The number of aryl methyl sites for hydroxylation is 1. The van der Waals surface area contributed by atoms with Gasteiger partial charge in [0.05, 0.1) is 5.58 Å². The number of ether oxygens (including phenoxy) is 2. The normalized spacial score (nSPS) is 12.8. The van der Waals surface area contributed by atoms with Crippen molar-refractivity contribution in [2.75, 3.05) is 0 Å². The van der Waals surface area contributed by atoms with Gasteiger partial charge in [-0.05, 0) is 60.1 Å². The molecular formula is C38H28IrN2O3-2. The molecule has 1 aliphatic heterocycles. The van der Waals surface area contributed by atoms with Gasteiger partial charge in [-0.1, -0.05) is 60.7 Å². The number of aromatic nitrogens is 2. The Balaban J connectivity index is 0.000000194. The molecule has 0 spiro atoms. The molecule has 3 aromatic heterocycles. The van der Waals surface area contributed by atoms with Gasteiger partial charge in [-0.3, -0.25) is 0 Å². The molecule has 0 amide bonds. The van der Waals surface area contributed by atoms with Crippen molar-refractivity contribution < 1.29 is 38.1 Å². The SMILES string of the molecule is CC(C)c1ccnc(-c2[c-]ccc3c2oc2c4c(ccc23)Oc2ccccc2O4)c1.[2H]C([2H])([2H])c1ccc(-c2[c-]cccc2)nc1.[Ir]. The first-order valence-corrected chi connectivity index (χ1v) is 14.0. The van der Waals surface area contributed by atoms with Gasteiger partial charge in [-0.2, -0.15) is 0 Å². The smallest absolute Gasteiger partial charge is 0.212 e. The van der Waals surface area contributed by atoms with E-state index in [9.17, 15) is 0 Å². The zero-order valence-corrected chi connectivity index (χ0v) is 26.3. The Morgan fingerprint density at radius 3 is 2.30 bits per heavy atom. The topological polar surface area (TPSA) is 57.4 Å². The van der Waals surface area contributed by atoms with Gasteiger partial charge in [0.2, 0.25) is 5.75 Å². The van der Waals surface area contributed by atoms with Gasteiger partial charge < -0.3 is 23.9 Å². The fourth-order valence-electron chi connectivity index (χ4n) is 5.03. The van der Waals surface area contributed by atoms with E-state index in [-0.39, 0.29) is 25.7 Å². The Morgan fingerprint density at radius 1 is 0.727 bits per heavy atom. The Bertz CT molecular complexity index is 2180. The molecule has 1 radical (unpaired) electrons. The van der Waals surface area contributed by atoms with Crippen LogP contribution in [0.25, 0.3) is 44.5 Å². The first-order valence-electron chi connectivity index (χ1n) is 15.5. The number of hydrogen-bond acceptors (Lipinski definition) is 5. The standard InChI is InChI=1S/C26H18NO3.C12H10N.Ir/c1-15(2)16-12-13-27-20(14-16)19-7-5-6-17-18-10-11-23-26(25(18)30-24(17)19)29-22-9-4-3-8-21(22)28-23;1-10-7-8-12(13-9-10)11-5-3-2-4-6-11;/h3-6,8-15H,1-2H3;2-5,7-9H,1H3;/q2*-1;/i;1D3;. The van der Waals surface area contributed by atoms with E-state index in [0.717, 1.165) is 38.9 Å². The predicted molar refractivity (Wildman–Crippen MR) is 170 cm³/mol. The summed E-state index contributed by atoms with van der Waals surface area (Å²) in [4.78, 5) is 8.71. The second kappa shape index (κ2) is 12.5. The Hall–Kier alpha value is -4.77. The van der Waals surface area contributed by atoms with Crippen LogP contribution < -0.4 is 9.47 Å². The number of furan rings is 1. The maximum absolute atomic E-state index is 7.23. The minimum absolute atomic E-state index is 0. The molecule has 0 saturated heterocycles. The van der Waals surface area contributed by atoms with Gasteiger partial charge >= 0.3 is 0 Å². The summed E-state index contributed by atoms with van der Waals surface area (Å²) >= 11 is 0. The summed E-state index contributed by atoms with van der Waals surface area (Å²) in [5.74, 6) is 3.03. The van der Waals surface area contributed by atoms with Crippen LogP contribution >= 0.6 is 0 Å². The minimum atomic E-state index is -2.09. The fraction of sp³-hybridized carbons (Fsp3) is 0.105. The van der Waals surface area contributed by atoms with Crippen molar-refractivity contribution in [3.63, 3.8) is 0 Å². The van der Waals surface area contributed by atoms with Crippen LogP contribution in [0, 0.1) is 19.0 Å². The second-order valence-corrected chi connectivity index (χ2v) is 10.5. The van der Waals surface area contributed by atoms with Crippen molar-refractivity contribution in [2.24, 2.45) is 0 Å². The molecule has 0 N–H and O–H groups in total. The number of benzene rings is 4. The minimum Gasteiger partial charge on any atom is -0.497 e. The number of nitrogens with zero attached hydrogens (tertiary/aromatic N) is 2. The van der Waals surface area contributed by atoms with Gasteiger partial charge in [0.1, 0.15) is 0 Å². The molecule has 8 rings (SSSR count). The molecule has 1 aliphatic rings. The van der Waals surface area contributed by atoms with Crippen LogP contribution in [0.15, 0.2) is 114 Å². The van der Waals surface area contributed by atoms with Crippen LogP contribution in [0.5, 0.6) is 23.0 Å². The van der Waals surface area contributed by atoms with Crippen LogP contribution in [0.3, 0.4) is 0 Å². The molecule has 219 valence electrons. The predicted octanol–water partition coefficient (Wildman–Crippen LogP) is 10.3. The number of rotatable bonds is 3. The first kappa shape index (κ1) is 25.7. The molecule has 0 aliphatic carbocycles. The van der Waals surface area contributed by atoms with Crippen molar-refractivity contribution in [2.45, 2.75) is 26.6 Å². The number of pyridine rings is 2. The zero-order chi connectivity index (χ0) is 31.8. The largest absolute Gasteiger partial charge is 0.497 e. The first-order chi connectivity index (χ1) is 22.3. The average molecular weight is 756 g/mol. The van der Waals surface area contributed by atoms with E-state index >= 15 is 0 Å². The van der Waals surface area contributed by atoms with E-state index in [1.54, 1.807) is 18.2 Å². The molecular weight excluding hydrogens is 725 g/mol. The van der Waals surface area contributed by atoms with Crippen LogP contribution in [-0.2, 0) is 20.1 Å². The summed E-state index contributed by atoms with van der Waals surface area (Å²) in [6.07, 6.45) is 3.24. The van der Waals surface area contributed by atoms with Crippen molar-refractivity contribution in [1.82, 2.24) is 9.97 Å². The Labute approximate surface area is 274 Å². The Kier molecular flexibility index (Phi) is 7.27. The van der Waals surface area contributed by atoms with Gasteiger partial charge in [-0.25, -0.2) is 0 Å². The van der Waals surface area contributed by atoms with Crippen LogP contribution in [0.4, 0.5) is 0 Å². The van der Waals surface area contributed by atoms with Crippen molar-refractivity contribution in [1.29, 1.82) is 0 Å². The third kappa shape index (κ3) is 5.62. The number of hydrogen-bond donors (Lipinski definition) is 0. The summed E-state index contributed by atoms with van der Waals surface area (Å²) < 4.78 is 40.3. The molecule has 7 aromatic rings. The molecule has 0 atom stereocenters. The summed E-state index contributed by atoms with van der Waals surface area (Å²) in [7, 11) is 0. The monoisotopic (exact) mass is 756 g/mol. The molecule has 44 heavy (non-hydrogen) atoms. The van der Waals surface area contributed by atoms with Crippen LogP contribution in [-0.4, -0.2) is 9.97 Å². The van der Waals surface area contributed by atoms with Gasteiger partial charge in [0.25, 0.3) is 0 Å². The van der Waals surface area contributed by atoms with Crippen LogP contribution in [0.2, 0.25) is 0 Å². The summed E-state index contributed by atoms with van der Waals surface area (Å²) in [6.45, 7) is 2.25. The van der Waals surface area contributed by atoms with E-state index < -0.39 is 6.85 Å². The van der Waals surface area contributed by atoms with Crippen molar-refractivity contribution in [3.8, 4) is 45.5 Å². The fourth-order valence-corrected chi connectivity index (χ4v) is 5.03. The summed E-state index contributed by atoms with van der Waals surface area (Å²) in [6, 6.07) is 36.8. The molecule has 5 nitrogen and oxygen atoms in total. The van der Waals surface area contributed by atoms with E-state index in [4.69, 9.17) is 18.0 Å². The molecule has 4 aromatic carbocycles. The third-order valence-corrected chi connectivity index (χ3v) is 7.26. The van der Waals surface area contributed by atoms with Crippen molar-refractivity contribution in [3.05, 3.63) is 133 Å².